The Kier molecular flexibility index (Phi) is 8.33. The van der Waals surface area contributed by atoms with Crippen molar-refractivity contribution in [2.75, 3.05) is 38.2 Å². The normalized spacial score (nSPS) is 16.8. The van der Waals surface area contributed by atoms with E-state index in [0.717, 1.165) is 0 Å². The number of nitrogens with one attached hydrogen (secondary N) is 1. The van der Waals surface area contributed by atoms with E-state index in [-0.39, 0.29) is 29.9 Å². The number of hydrogen-bond acceptors (Lipinski definition) is 5. The average molecular weight is 431 g/mol. The lowest BCUT2D eigenvalue weighted by molar-refractivity contribution is -0.274. The molecule has 2 rings (SSSR count). The molecule has 1 aliphatic rings. The van der Waals surface area contributed by atoms with Crippen LogP contribution in [0.3, 0.4) is 0 Å². The molecule has 30 heavy (non-hydrogen) atoms. The first-order valence-corrected chi connectivity index (χ1v) is 9.81. The number of ether oxygens (including phenoxy) is 2. The maximum absolute atomic E-state index is 12.6. The summed E-state index contributed by atoms with van der Waals surface area (Å²) < 4.78 is 45.9. The molecule has 2 amide bonds. The minimum atomic E-state index is -4.75. The molecule has 7 nitrogen and oxygen atoms in total. The van der Waals surface area contributed by atoms with E-state index < -0.39 is 18.2 Å². The molecular weight excluding hydrogens is 403 g/mol. The van der Waals surface area contributed by atoms with Gasteiger partial charge in [0.05, 0.1) is 19.1 Å². The zero-order chi connectivity index (χ0) is 22.3. The summed E-state index contributed by atoms with van der Waals surface area (Å²) in [7, 11) is 0. The number of hydrogen-bond donors (Lipinski definition) is 2. The van der Waals surface area contributed by atoms with Crippen LogP contribution in [0.5, 0.6) is 5.75 Å². The van der Waals surface area contributed by atoms with Crippen LogP contribution in [0, 0.1) is 17.8 Å². The topological polar surface area (TPSA) is 93.9 Å². The summed E-state index contributed by atoms with van der Waals surface area (Å²) in [5, 5.41) is 3.11. The molecule has 0 radical (unpaired) electrons. The molecule has 1 saturated heterocycles. The molecular formula is C20H28F3N3O4. The van der Waals surface area contributed by atoms with Crippen LogP contribution in [0.4, 0.5) is 18.9 Å². The van der Waals surface area contributed by atoms with Gasteiger partial charge in [0.1, 0.15) is 5.75 Å². The summed E-state index contributed by atoms with van der Waals surface area (Å²) in [6.07, 6.45) is -4.74. The van der Waals surface area contributed by atoms with Crippen LogP contribution in [0.2, 0.25) is 0 Å². The number of primary amides is 1. The molecule has 10 heteroatoms. The first kappa shape index (κ1) is 23.8. The molecule has 0 saturated carbocycles. The fraction of sp³-hybridized carbons (Fsp3) is 0.600. The Morgan fingerprint density at radius 3 is 2.30 bits per heavy atom. The highest BCUT2D eigenvalue weighted by molar-refractivity contribution is 5.85. The number of nitrogens with two attached hydrogens (primary N) is 1. The predicted molar refractivity (Wildman–Crippen MR) is 105 cm³/mol. The summed E-state index contributed by atoms with van der Waals surface area (Å²) in [4.78, 5) is 26.4. The molecule has 1 fully saturated rings. The molecule has 1 aromatic carbocycles. The molecule has 1 aliphatic heterocycles. The lowest BCUT2D eigenvalue weighted by Gasteiger charge is -2.32. The standard InChI is InChI=1S/C20H28F3N3O4/c1-13(2)17(12-25-14-3-5-15(6-4-14)30-20(21,22)23)16(19(24)28)11-18(27)26-7-9-29-10-8-26/h3-6,13,16-17,25H,7-12H2,1-2H3,(H2,24,28)/t16?,17-/m0/s1. The Labute approximate surface area is 173 Å². The van der Waals surface area contributed by atoms with Crippen LogP contribution in [0.15, 0.2) is 24.3 Å². The zero-order valence-corrected chi connectivity index (χ0v) is 17.1. The van der Waals surface area contributed by atoms with Gasteiger partial charge in [0.25, 0.3) is 0 Å². The van der Waals surface area contributed by atoms with Crippen LogP contribution in [0.1, 0.15) is 20.3 Å². The van der Waals surface area contributed by atoms with Gasteiger partial charge >= 0.3 is 6.36 Å². The number of nitrogens with zero attached hydrogens (tertiary/aromatic N) is 1. The molecule has 1 aromatic rings. The van der Waals surface area contributed by atoms with Crippen LogP contribution < -0.4 is 15.8 Å². The first-order valence-electron chi connectivity index (χ1n) is 9.81. The Hall–Kier alpha value is -2.49. The lowest BCUT2D eigenvalue weighted by atomic mass is 9.80. The molecule has 2 atom stereocenters. The maximum Gasteiger partial charge on any atom is 0.573 e. The second-order valence-electron chi connectivity index (χ2n) is 7.57. The van der Waals surface area contributed by atoms with E-state index >= 15 is 0 Å². The van der Waals surface area contributed by atoms with Crippen molar-refractivity contribution in [3.63, 3.8) is 0 Å². The van der Waals surface area contributed by atoms with Crippen molar-refractivity contribution in [3.05, 3.63) is 24.3 Å². The highest BCUT2D eigenvalue weighted by Crippen LogP contribution is 2.27. The second-order valence-corrected chi connectivity index (χ2v) is 7.57. The monoisotopic (exact) mass is 431 g/mol. The quantitative estimate of drug-likeness (QED) is 0.627. The molecule has 168 valence electrons. The second kappa shape index (κ2) is 10.5. The smallest absolute Gasteiger partial charge is 0.406 e. The fourth-order valence-corrected chi connectivity index (χ4v) is 3.45. The van der Waals surface area contributed by atoms with E-state index in [1.165, 1.54) is 24.3 Å². The summed E-state index contributed by atoms with van der Waals surface area (Å²) in [6, 6.07) is 5.31. The van der Waals surface area contributed by atoms with E-state index in [9.17, 15) is 22.8 Å². The van der Waals surface area contributed by atoms with Gasteiger partial charge in [0.2, 0.25) is 11.8 Å². The van der Waals surface area contributed by atoms with Gasteiger partial charge in [0.15, 0.2) is 0 Å². The first-order chi connectivity index (χ1) is 14.1. The maximum atomic E-state index is 12.6. The van der Waals surface area contributed by atoms with Gasteiger partial charge in [0, 0.05) is 31.7 Å². The third-order valence-electron chi connectivity index (χ3n) is 5.13. The van der Waals surface area contributed by atoms with E-state index in [4.69, 9.17) is 10.5 Å². The van der Waals surface area contributed by atoms with E-state index in [0.29, 0.717) is 38.5 Å². The molecule has 0 bridgehead atoms. The molecule has 1 heterocycles. The number of rotatable bonds is 9. The molecule has 0 aliphatic carbocycles. The molecule has 0 aromatic heterocycles. The van der Waals surface area contributed by atoms with Gasteiger partial charge in [-0.3, -0.25) is 9.59 Å². The van der Waals surface area contributed by atoms with Crippen molar-refractivity contribution >= 4 is 17.5 Å². The minimum absolute atomic E-state index is 0.0121. The van der Waals surface area contributed by atoms with Crippen molar-refractivity contribution in [2.45, 2.75) is 26.6 Å². The highest BCUT2D eigenvalue weighted by Gasteiger charge is 2.33. The van der Waals surface area contributed by atoms with Gasteiger partial charge in [-0.05, 0) is 36.1 Å². The number of carbonyl (C=O) groups is 2. The molecule has 3 N–H and O–H groups in total. The Morgan fingerprint density at radius 2 is 1.80 bits per heavy atom. The zero-order valence-electron chi connectivity index (χ0n) is 17.1. The Balaban J connectivity index is 2.01. The van der Waals surface area contributed by atoms with Crippen molar-refractivity contribution in [1.82, 2.24) is 4.90 Å². The van der Waals surface area contributed by atoms with E-state index in [1.807, 2.05) is 13.8 Å². The minimum Gasteiger partial charge on any atom is -0.406 e. The number of carbonyl (C=O) groups excluding carboxylic acids is 2. The Bertz CT molecular complexity index is 704. The number of benzene rings is 1. The number of halogens is 3. The highest BCUT2D eigenvalue weighted by atomic mass is 19.4. The van der Waals surface area contributed by atoms with Crippen LogP contribution in [0.25, 0.3) is 0 Å². The largest absolute Gasteiger partial charge is 0.573 e. The van der Waals surface area contributed by atoms with Gasteiger partial charge in [-0.25, -0.2) is 0 Å². The third-order valence-corrected chi connectivity index (χ3v) is 5.13. The summed E-state index contributed by atoms with van der Waals surface area (Å²) in [5.74, 6) is -1.87. The van der Waals surface area contributed by atoms with Crippen molar-refractivity contribution in [3.8, 4) is 5.75 Å². The van der Waals surface area contributed by atoms with Crippen molar-refractivity contribution < 1.29 is 32.2 Å². The number of anilines is 1. The number of alkyl halides is 3. The van der Waals surface area contributed by atoms with E-state index in [1.54, 1.807) is 4.90 Å². The number of morpholine rings is 1. The lowest BCUT2D eigenvalue weighted by Crippen LogP contribution is -2.44. The Morgan fingerprint density at radius 1 is 1.20 bits per heavy atom. The van der Waals surface area contributed by atoms with Crippen LogP contribution in [-0.2, 0) is 14.3 Å². The van der Waals surface area contributed by atoms with Crippen molar-refractivity contribution in [2.24, 2.45) is 23.5 Å². The average Bonchev–Trinajstić information content (AvgIpc) is 2.67. The van der Waals surface area contributed by atoms with Gasteiger partial charge in [-0.1, -0.05) is 13.8 Å². The summed E-state index contributed by atoms with van der Waals surface area (Å²) in [6.45, 7) is 6.11. The van der Waals surface area contributed by atoms with Crippen molar-refractivity contribution in [1.29, 1.82) is 0 Å². The third kappa shape index (κ3) is 7.40. The summed E-state index contributed by atoms with van der Waals surface area (Å²) >= 11 is 0. The molecule has 0 spiro atoms. The van der Waals surface area contributed by atoms with Gasteiger partial charge in [-0.15, -0.1) is 13.2 Å². The number of amides is 2. The van der Waals surface area contributed by atoms with Gasteiger partial charge in [-0.2, -0.15) is 0 Å². The summed E-state index contributed by atoms with van der Waals surface area (Å²) in [5.41, 5.74) is 6.18. The fourth-order valence-electron chi connectivity index (χ4n) is 3.45. The van der Waals surface area contributed by atoms with Crippen LogP contribution >= 0.6 is 0 Å². The van der Waals surface area contributed by atoms with E-state index in [2.05, 4.69) is 10.1 Å². The van der Waals surface area contributed by atoms with Gasteiger partial charge < -0.3 is 25.4 Å². The molecule has 1 unspecified atom stereocenters. The SMILES string of the molecule is CC(C)[C@H](CNc1ccc(OC(F)(F)F)cc1)C(CC(=O)N1CCOCC1)C(N)=O. The van der Waals surface area contributed by atoms with Crippen LogP contribution in [-0.4, -0.2) is 55.9 Å². The predicted octanol–water partition coefficient (Wildman–Crippen LogP) is 2.62.